The summed E-state index contributed by atoms with van der Waals surface area (Å²) in [6, 6.07) is 0.532. The van der Waals surface area contributed by atoms with Crippen LogP contribution >= 0.6 is 0 Å². The lowest BCUT2D eigenvalue weighted by Crippen LogP contribution is -2.49. The fourth-order valence-corrected chi connectivity index (χ4v) is 2.26. The van der Waals surface area contributed by atoms with Gasteiger partial charge in [0.15, 0.2) is 0 Å². The normalized spacial score (nSPS) is 27.0. The summed E-state index contributed by atoms with van der Waals surface area (Å²) in [5.74, 6) is 0.560. The van der Waals surface area contributed by atoms with Gasteiger partial charge in [-0.05, 0) is 46.0 Å². The highest BCUT2D eigenvalue weighted by atomic mass is 16.5. The Kier molecular flexibility index (Phi) is 5.42. The predicted octanol–water partition coefficient (Wildman–Crippen LogP) is 2.33. The molecule has 1 fully saturated rings. The van der Waals surface area contributed by atoms with Gasteiger partial charge in [-0.25, -0.2) is 0 Å². The van der Waals surface area contributed by atoms with E-state index in [2.05, 4.69) is 39.9 Å². The van der Waals surface area contributed by atoms with Crippen LogP contribution in [0.4, 0.5) is 0 Å². The molecule has 1 atom stereocenters. The second-order valence-corrected chi connectivity index (χ2v) is 6.71. The average Bonchev–Trinajstić information content (AvgIpc) is 2.05. The minimum atomic E-state index is -0.211. The Labute approximate surface area is 106 Å². The molecule has 0 heterocycles. The molecule has 1 aliphatic carbocycles. The summed E-state index contributed by atoms with van der Waals surface area (Å²) in [7, 11) is 0. The van der Waals surface area contributed by atoms with Crippen LogP contribution in [-0.2, 0) is 4.74 Å². The molecule has 0 aliphatic heterocycles. The Hall–Kier alpha value is -0.120. The highest BCUT2D eigenvalue weighted by Gasteiger charge is 2.32. The van der Waals surface area contributed by atoms with Crippen LogP contribution < -0.4 is 5.32 Å². The quantitative estimate of drug-likeness (QED) is 0.752. The van der Waals surface area contributed by atoms with Crippen LogP contribution in [0.15, 0.2) is 0 Å². The third-order valence-electron chi connectivity index (χ3n) is 3.00. The summed E-state index contributed by atoms with van der Waals surface area (Å²) in [5, 5.41) is 13.2. The fraction of sp³-hybridized carbons (Fsp3) is 1.00. The molecule has 102 valence electrons. The van der Waals surface area contributed by atoms with Gasteiger partial charge < -0.3 is 15.2 Å². The van der Waals surface area contributed by atoms with Crippen molar-refractivity contribution in [2.24, 2.45) is 5.92 Å². The zero-order valence-corrected chi connectivity index (χ0v) is 12.0. The average molecular weight is 243 g/mol. The van der Waals surface area contributed by atoms with Crippen molar-refractivity contribution in [3.63, 3.8) is 0 Å². The van der Waals surface area contributed by atoms with Crippen LogP contribution in [0, 0.1) is 5.92 Å². The first-order valence-electron chi connectivity index (χ1n) is 6.85. The molecule has 0 saturated heterocycles. The molecule has 0 aromatic carbocycles. The maximum atomic E-state index is 9.75. The molecular weight excluding hydrogens is 214 g/mol. The number of hydrogen-bond donors (Lipinski definition) is 2. The minimum absolute atomic E-state index is 0.0349. The van der Waals surface area contributed by atoms with E-state index in [1.807, 2.05) is 0 Å². The Morgan fingerprint density at radius 1 is 1.29 bits per heavy atom. The lowest BCUT2D eigenvalue weighted by molar-refractivity contribution is -0.103. The Bertz CT molecular complexity index is 217. The molecule has 3 nitrogen and oxygen atoms in total. The van der Waals surface area contributed by atoms with Crippen molar-refractivity contribution >= 4 is 0 Å². The summed E-state index contributed by atoms with van der Waals surface area (Å²) in [6.07, 6.45) is 3.21. The third kappa shape index (κ3) is 6.39. The molecule has 3 heteroatoms. The summed E-state index contributed by atoms with van der Waals surface area (Å²) in [5.41, 5.74) is -0.0349. The maximum absolute atomic E-state index is 9.75. The van der Waals surface area contributed by atoms with Crippen molar-refractivity contribution in [1.82, 2.24) is 5.32 Å². The summed E-state index contributed by atoms with van der Waals surface area (Å²) < 4.78 is 5.87. The minimum Gasteiger partial charge on any atom is -0.392 e. The molecule has 0 aromatic heterocycles. The molecule has 0 amide bonds. The van der Waals surface area contributed by atoms with Gasteiger partial charge in [0.25, 0.3) is 0 Å². The molecule has 0 radical (unpaired) electrons. The lowest BCUT2D eigenvalue weighted by Gasteiger charge is -2.40. The van der Waals surface area contributed by atoms with Crippen LogP contribution in [0.3, 0.4) is 0 Å². The van der Waals surface area contributed by atoms with Crippen LogP contribution in [-0.4, -0.2) is 35.5 Å². The Morgan fingerprint density at radius 2 is 1.88 bits per heavy atom. The Morgan fingerprint density at radius 3 is 2.35 bits per heavy atom. The molecule has 0 bridgehead atoms. The van der Waals surface area contributed by atoms with Crippen molar-refractivity contribution in [1.29, 1.82) is 0 Å². The van der Waals surface area contributed by atoms with E-state index < -0.39 is 0 Å². The van der Waals surface area contributed by atoms with Gasteiger partial charge in [0.1, 0.15) is 0 Å². The van der Waals surface area contributed by atoms with Crippen molar-refractivity contribution in [3.8, 4) is 0 Å². The van der Waals surface area contributed by atoms with E-state index in [-0.39, 0.29) is 11.7 Å². The molecule has 0 spiro atoms. The summed E-state index contributed by atoms with van der Waals surface area (Å²) in [6.45, 7) is 11.3. The predicted molar refractivity (Wildman–Crippen MR) is 71.1 cm³/mol. The highest BCUT2D eigenvalue weighted by Crippen LogP contribution is 2.27. The van der Waals surface area contributed by atoms with E-state index in [0.29, 0.717) is 24.6 Å². The molecule has 1 rings (SSSR count). The molecule has 1 saturated carbocycles. The van der Waals surface area contributed by atoms with Gasteiger partial charge in [-0.15, -0.1) is 0 Å². The van der Waals surface area contributed by atoms with Gasteiger partial charge in [-0.1, -0.05) is 13.8 Å². The monoisotopic (exact) mass is 243 g/mol. The molecular formula is C14H29NO2. The second kappa shape index (κ2) is 6.17. The molecule has 1 unspecified atom stereocenters. The number of rotatable bonds is 6. The SMILES string of the molecule is CC(C)CC(O)CNC1CC(OC(C)(C)C)C1. The smallest absolute Gasteiger partial charge is 0.0667 e. The van der Waals surface area contributed by atoms with Crippen molar-refractivity contribution in [3.05, 3.63) is 0 Å². The standard InChI is InChI=1S/C14H29NO2/c1-10(2)6-12(16)9-15-11-7-13(8-11)17-14(3,4)5/h10-13,15-16H,6-9H2,1-5H3. The fourth-order valence-electron chi connectivity index (χ4n) is 2.26. The van der Waals surface area contributed by atoms with Gasteiger partial charge >= 0.3 is 0 Å². The van der Waals surface area contributed by atoms with Crippen LogP contribution in [0.25, 0.3) is 0 Å². The number of hydrogen-bond acceptors (Lipinski definition) is 3. The number of nitrogens with one attached hydrogen (secondary N) is 1. The van der Waals surface area contributed by atoms with Crippen LogP contribution in [0.1, 0.15) is 53.9 Å². The molecule has 17 heavy (non-hydrogen) atoms. The van der Waals surface area contributed by atoms with Crippen molar-refractivity contribution in [2.75, 3.05) is 6.54 Å². The maximum Gasteiger partial charge on any atom is 0.0667 e. The van der Waals surface area contributed by atoms with E-state index in [4.69, 9.17) is 4.74 Å². The topological polar surface area (TPSA) is 41.5 Å². The first-order valence-corrected chi connectivity index (χ1v) is 6.85. The molecule has 1 aliphatic rings. The van der Waals surface area contributed by atoms with Gasteiger partial charge in [0.2, 0.25) is 0 Å². The second-order valence-electron chi connectivity index (χ2n) is 6.71. The molecule has 2 N–H and O–H groups in total. The van der Waals surface area contributed by atoms with Crippen LogP contribution in [0.2, 0.25) is 0 Å². The number of aliphatic hydroxyl groups is 1. The van der Waals surface area contributed by atoms with E-state index in [1.165, 1.54) is 0 Å². The summed E-state index contributed by atoms with van der Waals surface area (Å²) >= 11 is 0. The molecule has 0 aromatic rings. The van der Waals surface area contributed by atoms with Crippen molar-refractivity contribution < 1.29 is 9.84 Å². The highest BCUT2D eigenvalue weighted by molar-refractivity contribution is 4.88. The lowest BCUT2D eigenvalue weighted by atomic mass is 9.88. The third-order valence-corrected chi connectivity index (χ3v) is 3.00. The van der Waals surface area contributed by atoms with E-state index in [1.54, 1.807) is 0 Å². The zero-order valence-electron chi connectivity index (χ0n) is 12.0. The Balaban J connectivity index is 2.06. The van der Waals surface area contributed by atoms with E-state index in [0.717, 1.165) is 19.3 Å². The van der Waals surface area contributed by atoms with Crippen molar-refractivity contribution in [2.45, 2.75) is 77.7 Å². The first kappa shape index (κ1) is 14.9. The van der Waals surface area contributed by atoms with E-state index >= 15 is 0 Å². The van der Waals surface area contributed by atoms with Gasteiger partial charge in [0, 0.05) is 12.6 Å². The number of aliphatic hydroxyl groups excluding tert-OH is 1. The number of ether oxygens (including phenoxy) is 1. The van der Waals surface area contributed by atoms with E-state index in [9.17, 15) is 5.11 Å². The first-order chi connectivity index (χ1) is 7.76. The van der Waals surface area contributed by atoms with Crippen LogP contribution in [0.5, 0.6) is 0 Å². The zero-order chi connectivity index (χ0) is 13.1. The van der Waals surface area contributed by atoms with Gasteiger partial charge in [-0.3, -0.25) is 0 Å². The van der Waals surface area contributed by atoms with Gasteiger partial charge in [-0.2, -0.15) is 0 Å². The largest absolute Gasteiger partial charge is 0.392 e. The summed E-state index contributed by atoms with van der Waals surface area (Å²) in [4.78, 5) is 0. The van der Waals surface area contributed by atoms with Gasteiger partial charge in [0.05, 0.1) is 17.8 Å².